The zero-order valence-electron chi connectivity index (χ0n) is 11.0. The van der Waals surface area contributed by atoms with Crippen LogP contribution in [0.25, 0.3) is 0 Å². The van der Waals surface area contributed by atoms with Crippen molar-refractivity contribution in [2.75, 3.05) is 21.3 Å². The number of benzene rings is 1. The predicted molar refractivity (Wildman–Crippen MR) is 68.9 cm³/mol. The van der Waals surface area contributed by atoms with Gasteiger partial charge in [0.1, 0.15) is 5.75 Å². The lowest BCUT2D eigenvalue weighted by Gasteiger charge is -2.20. The minimum Gasteiger partial charge on any atom is -0.496 e. The summed E-state index contributed by atoms with van der Waals surface area (Å²) in [4.78, 5) is 0. The highest BCUT2D eigenvalue weighted by molar-refractivity contribution is 5.52. The molecule has 5 heteroatoms. The molecule has 0 amide bonds. The fourth-order valence-corrected chi connectivity index (χ4v) is 2.21. The van der Waals surface area contributed by atoms with Gasteiger partial charge in [-0.15, -0.1) is 0 Å². The molecule has 18 heavy (non-hydrogen) atoms. The molecule has 1 atom stereocenters. The van der Waals surface area contributed by atoms with Crippen molar-refractivity contribution in [3.8, 4) is 17.2 Å². The smallest absolute Gasteiger partial charge is 0.164 e. The van der Waals surface area contributed by atoms with Crippen LogP contribution in [0.5, 0.6) is 17.2 Å². The van der Waals surface area contributed by atoms with Crippen LogP contribution in [0.2, 0.25) is 0 Å². The summed E-state index contributed by atoms with van der Waals surface area (Å²) in [7, 11) is 4.87. The molecule has 0 radical (unpaired) electrons. The molecular formula is C13H20N2O3. The summed E-state index contributed by atoms with van der Waals surface area (Å²) in [5, 5.41) is 0. The third kappa shape index (κ3) is 2.37. The molecule has 1 aliphatic carbocycles. The Bertz CT molecular complexity index is 419. The van der Waals surface area contributed by atoms with Crippen LogP contribution in [0.3, 0.4) is 0 Å². The summed E-state index contributed by atoms with van der Waals surface area (Å²) >= 11 is 0. The first-order valence-corrected chi connectivity index (χ1v) is 6.01. The fraction of sp³-hybridized carbons (Fsp3) is 0.538. The Labute approximate surface area is 107 Å². The lowest BCUT2D eigenvalue weighted by Crippen LogP contribution is -2.29. The standard InChI is InChI=1S/C13H20N2O3/c1-16-10-7-12(18-3)11(17-2)6-9(10)13(15-14)8-4-5-8/h6-8,13,15H,4-5,14H2,1-3H3. The number of rotatable bonds is 6. The van der Waals surface area contributed by atoms with E-state index in [4.69, 9.17) is 20.1 Å². The number of nitrogens with two attached hydrogens (primary N) is 1. The maximum absolute atomic E-state index is 5.65. The second-order valence-corrected chi connectivity index (χ2v) is 4.43. The van der Waals surface area contributed by atoms with E-state index in [1.165, 1.54) is 12.8 Å². The zero-order valence-corrected chi connectivity index (χ0v) is 11.0. The maximum atomic E-state index is 5.65. The number of hydrogen-bond acceptors (Lipinski definition) is 5. The van der Waals surface area contributed by atoms with E-state index < -0.39 is 0 Å². The van der Waals surface area contributed by atoms with Gasteiger partial charge in [-0.1, -0.05) is 0 Å². The molecular weight excluding hydrogens is 232 g/mol. The molecule has 3 N–H and O–H groups in total. The second kappa shape index (κ2) is 5.46. The Balaban J connectivity index is 2.43. The highest BCUT2D eigenvalue weighted by atomic mass is 16.5. The van der Waals surface area contributed by atoms with Gasteiger partial charge < -0.3 is 14.2 Å². The van der Waals surface area contributed by atoms with E-state index in [1.54, 1.807) is 21.3 Å². The number of nitrogens with one attached hydrogen (secondary N) is 1. The molecule has 1 aromatic carbocycles. The van der Waals surface area contributed by atoms with Crippen LogP contribution in [0.15, 0.2) is 12.1 Å². The van der Waals surface area contributed by atoms with Crippen LogP contribution < -0.4 is 25.5 Å². The fourth-order valence-electron chi connectivity index (χ4n) is 2.21. The van der Waals surface area contributed by atoms with Crippen molar-refractivity contribution in [1.82, 2.24) is 5.43 Å². The third-order valence-corrected chi connectivity index (χ3v) is 3.34. The van der Waals surface area contributed by atoms with Crippen LogP contribution in [0.4, 0.5) is 0 Å². The van der Waals surface area contributed by atoms with E-state index in [1.807, 2.05) is 12.1 Å². The van der Waals surface area contributed by atoms with E-state index in [9.17, 15) is 0 Å². The Morgan fingerprint density at radius 3 is 2.06 bits per heavy atom. The highest BCUT2D eigenvalue weighted by Gasteiger charge is 2.34. The van der Waals surface area contributed by atoms with Gasteiger partial charge in [0, 0.05) is 11.6 Å². The predicted octanol–water partition coefficient (Wildman–Crippen LogP) is 1.63. The molecule has 0 aromatic heterocycles. The Kier molecular flexibility index (Phi) is 3.93. The number of hydrazine groups is 1. The molecule has 5 nitrogen and oxygen atoms in total. The van der Waals surface area contributed by atoms with Gasteiger partial charge in [0.15, 0.2) is 11.5 Å². The normalized spacial score (nSPS) is 16.2. The number of ether oxygens (including phenoxy) is 3. The zero-order chi connectivity index (χ0) is 13.1. The minimum absolute atomic E-state index is 0.0970. The lowest BCUT2D eigenvalue weighted by molar-refractivity contribution is 0.343. The van der Waals surface area contributed by atoms with E-state index in [2.05, 4.69) is 5.43 Å². The van der Waals surface area contributed by atoms with E-state index in [-0.39, 0.29) is 6.04 Å². The quantitative estimate of drug-likeness (QED) is 0.595. The molecule has 0 saturated heterocycles. The van der Waals surface area contributed by atoms with Crippen molar-refractivity contribution in [2.45, 2.75) is 18.9 Å². The summed E-state index contributed by atoms with van der Waals surface area (Å²) < 4.78 is 16.0. The summed E-state index contributed by atoms with van der Waals surface area (Å²) in [6.07, 6.45) is 2.37. The molecule has 1 unspecified atom stereocenters. The molecule has 0 aliphatic heterocycles. The Morgan fingerprint density at radius 1 is 1.06 bits per heavy atom. The van der Waals surface area contributed by atoms with Crippen molar-refractivity contribution in [3.63, 3.8) is 0 Å². The SMILES string of the molecule is COc1cc(OC)c(C(NN)C2CC2)cc1OC. The number of methoxy groups -OCH3 is 3. The molecule has 0 bridgehead atoms. The molecule has 1 saturated carbocycles. The summed E-state index contributed by atoms with van der Waals surface area (Å²) in [5.74, 6) is 8.34. The van der Waals surface area contributed by atoms with Crippen LogP contribution >= 0.6 is 0 Å². The summed E-state index contributed by atoms with van der Waals surface area (Å²) in [6.45, 7) is 0. The summed E-state index contributed by atoms with van der Waals surface area (Å²) in [6, 6.07) is 3.86. The molecule has 0 heterocycles. The van der Waals surface area contributed by atoms with Crippen LogP contribution in [-0.2, 0) is 0 Å². The maximum Gasteiger partial charge on any atom is 0.164 e. The first kappa shape index (κ1) is 13.0. The van der Waals surface area contributed by atoms with Crippen LogP contribution in [-0.4, -0.2) is 21.3 Å². The van der Waals surface area contributed by atoms with Gasteiger partial charge in [0.2, 0.25) is 0 Å². The molecule has 100 valence electrons. The Morgan fingerprint density at radius 2 is 1.61 bits per heavy atom. The first-order chi connectivity index (χ1) is 8.74. The third-order valence-electron chi connectivity index (χ3n) is 3.34. The van der Waals surface area contributed by atoms with Gasteiger partial charge in [0.25, 0.3) is 0 Å². The minimum atomic E-state index is 0.0970. The van der Waals surface area contributed by atoms with Crippen molar-refractivity contribution < 1.29 is 14.2 Å². The molecule has 1 aliphatic rings. The average molecular weight is 252 g/mol. The molecule has 1 fully saturated rings. The van der Waals surface area contributed by atoms with Gasteiger partial charge in [0.05, 0.1) is 27.4 Å². The van der Waals surface area contributed by atoms with Crippen LogP contribution in [0, 0.1) is 5.92 Å². The summed E-state index contributed by atoms with van der Waals surface area (Å²) in [5.41, 5.74) is 3.88. The van der Waals surface area contributed by atoms with Crippen molar-refractivity contribution in [1.29, 1.82) is 0 Å². The first-order valence-electron chi connectivity index (χ1n) is 6.01. The van der Waals surface area contributed by atoms with Gasteiger partial charge in [-0.3, -0.25) is 11.3 Å². The monoisotopic (exact) mass is 252 g/mol. The molecule has 0 spiro atoms. The van der Waals surface area contributed by atoms with Gasteiger partial charge >= 0.3 is 0 Å². The van der Waals surface area contributed by atoms with Crippen molar-refractivity contribution in [3.05, 3.63) is 17.7 Å². The van der Waals surface area contributed by atoms with Gasteiger partial charge in [-0.2, -0.15) is 0 Å². The molecule has 2 rings (SSSR count). The van der Waals surface area contributed by atoms with Crippen molar-refractivity contribution in [2.24, 2.45) is 11.8 Å². The van der Waals surface area contributed by atoms with Crippen LogP contribution in [0.1, 0.15) is 24.4 Å². The lowest BCUT2D eigenvalue weighted by atomic mass is 10.0. The number of hydrogen-bond donors (Lipinski definition) is 2. The van der Waals surface area contributed by atoms with Gasteiger partial charge in [-0.25, -0.2) is 0 Å². The second-order valence-electron chi connectivity index (χ2n) is 4.43. The van der Waals surface area contributed by atoms with Gasteiger partial charge in [-0.05, 0) is 24.8 Å². The average Bonchev–Trinajstić information content (AvgIpc) is 3.23. The van der Waals surface area contributed by atoms with E-state index in [0.29, 0.717) is 17.4 Å². The topological polar surface area (TPSA) is 65.7 Å². The largest absolute Gasteiger partial charge is 0.496 e. The van der Waals surface area contributed by atoms with E-state index >= 15 is 0 Å². The highest BCUT2D eigenvalue weighted by Crippen LogP contribution is 2.46. The Hall–Kier alpha value is -1.46. The molecule has 1 aromatic rings. The van der Waals surface area contributed by atoms with E-state index in [0.717, 1.165) is 11.3 Å². The van der Waals surface area contributed by atoms with Crippen molar-refractivity contribution >= 4 is 0 Å².